The Hall–Kier alpha value is -2.51. The molecule has 1 aromatic heterocycles. The molecule has 2 amide bonds. The van der Waals surface area contributed by atoms with Gasteiger partial charge < -0.3 is 15.5 Å². The van der Waals surface area contributed by atoms with E-state index in [4.69, 9.17) is 23.8 Å². The summed E-state index contributed by atoms with van der Waals surface area (Å²) in [5.41, 5.74) is 1.91. The molecule has 2 heterocycles. The lowest BCUT2D eigenvalue weighted by Crippen LogP contribution is -2.66. The van der Waals surface area contributed by atoms with Gasteiger partial charge in [0.25, 0.3) is 5.91 Å². The molecule has 2 aromatic rings. The Kier molecular flexibility index (Phi) is 6.43. The molecule has 0 saturated carbocycles. The molecule has 0 radical (unpaired) electrons. The van der Waals surface area contributed by atoms with Crippen LogP contribution < -0.4 is 10.6 Å². The standard InChI is InChI=1S/C22H25ClN4O2S/c1-13(2)15-7-5-6-8-17(15)22(11-27(12-22)14(3)30)21(29)26-18-10-25-19(23)9-16(18)20(28)24-4/h5-10,13H,11-12H2,1-4H3,(H,24,28)(H,26,29). The zero-order valence-electron chi connectivity index (χ0n) is 17.5. The third-order valence-corrected chi connectivity index (χ3v) is 5.96. The molecule has 1 saturated heterocycles. The minimum absolute atomic E-state index is 0.178. The molecule has 30 heavy (non-hydrogen) atoms. The van der Waals surface area contributed by atoms with Crippen molar-refractivity contribution in [3.8, 4) is 0 Å². The SMILES string of the molecule is CNC(=O)c1cc(Cl)ncc1NC(=O)C1(c2ccccc2C(C)C)CN(C(C)=S)C1. The number of hydrogen-bond donors (Lipinski definition) is 2. The van der Waals surface area contributed by atoms with E-state index in [2.05, 4.69) is 35.5 Å². The molecule has 1 aliphatic heterocycles. The van der Waals surface area contributed by atoms with Crippen molar-refractivity contribution < 1.29 is 9.59 Å². The summed E-state index contributed by atoms with van der Waals surface area (Å²) in [4.78, 5) is 32.7. The van der Waals surface area contributed by atoms with Crippen molar-refractivity contribution in [2.24, 2.45) is 0 Å². The molecule has 2 N–H and O–H groups in total. The van der Waals surface area contributed by atoms with Crippen LogP contribution in [0.3, 0.4) is 0 Å². The molecule has 158 valence electrons. The van der Waals surface area contributed by atoms with Crippen molar-refractivity contribution in [1.29, 1.82) is 0 Å². The van der Waals surface area contributed by atoms with Crippen LogP contribution in [0.25, 0.3) is 0 Å². The van der Waals surface area contributed by atoms with E-state index < -0.39 is 5.41 Å². The normalized spacial score (nSPS) is 14.8. The summed E-state index contributed by atoms with van der Waals surface area (Å²) in [5.74, 6) is -0.291. The van der Waals surface area contributed by atoms with Crippen molar-refractivity contribution in [3.63, 3.8) is 0 Å². The number of halogens is 1. The van der Waals surface area contributed by atoms with Gasteiger partial charge >= 0.3 is 0 Å². The number of aromatic nitrogens is 1. The van der Waals surface area contributed by atoms with Gasteiger partial charge in [-0.1, -0.05) is 61.9 Å². The number of pyridine rings is 1. The number of benzene rings is 1. The van der Waals surface area contributed by atoms with Crippen molar-refractivity contribution in [2.75, 3.05) is 25.5 Å². The van der Waals surface area contributed by atoms with Crippen LogP contribution in [0.4, 0.5) is 5.69 Å². The van der Waals surface area contributed by atoms with Crippen LogP contribution >= 0.6 is 23.8 Å². The highest BCUT2D eigenvalue weighted by atomic mass is 35.5. The number of anilines is 1. The Morgan fingerprint density at radius 1 is 1.27 bits per heavy atom. The summed E-state index contributed by atoms with van der Waals surface area (Å²) in [6.45, 7) is 7.04. The maximum absolute atomic E-state index is 13.6. The lowest BCUT2D eigenvalue weighted by Gasteiger charge is -2.50. The van der Waals surface area contributed by atoms with Crippen LogP contribution in [0.2, 0.25) is 5.15 Å². The van der Waals surface area contributed by atoms with Crippen molar-refractivity contribution in [1.82, 2.24) is 15.2 Å². The third kappa shape index (κ3) is 4.04. The predicted molar refractivity (Wildman–Crippen MR) is 123 cm³/mol. The van der Waals surface area contributed by atoms with Gasteiger partial charge in [-0.25, -0.2) is 4.98 Å². The molecule has 0 bridgehead atoms. The van der Waals surface area contributed by atoms with E-state index >= 15 is 0 Å². The number of thiocarbonyl (C=S) groups is 1. The van der Waals surface area contributed by atoms with Crippen molar-refractivity contribution in [2.45, 2.75) is 32.1 Å². The van der Waals surface area contributed by atoms with E-state index in [9.17, 15) is 9.59 Å². The van der Waals surface area contributed by atoms with E-state index in [0.29, 0.717) is 18.8 Å². The van der Waals surface area contributed by atoms with E-state index in [1.807, 2.05) is 30.0 Å². The molecular formula is C22H25ClN4O2S. The summed E-state index contributed by atoms with van der Waals surface area (Å²) in [7, 11) is 1.52. The fourth-order valence-electron chi connectivity index (χ4n) is 3.79. The number of nitrogens with zero attached hydrogens (tertiary/aromatic N) is 2. The monoisotopic (exact) mass is 444 g/mol. The van der Waals surface area contributed by atoms with Gasteiger partial charge in [0.1, 0.15) is 10.6 Å². The lowest BCUT2D eigenvalue weighted by atomic mass is 9.69. The van der Waals surface area contributed by atoms with Gasteiger partial charge in [0, 0.05) is 20.1 Å². The first-order valence-electron chi connectivity index (χ1n) is 9.73. The number of likely N-dealkylation sites (tertiary alicyclic amines) is 1. The largest absolute Gasteiger partial charge is 0.363 e. The molecule has 0 spiro atoms. The Morgan fingerprint density at radius 2 is 1.93 bits per heavy atom. The average Bonchev–Trinajstić information content (AvgIpc) is 2.68. The Bertz CT molecular complexity index is 1000. The Balaban J connectivity index is 2.03. The molecule has 0 aliphatic carbocycles. The van der Waals surface area contributed by atoms with E-state index in [-0.39, 0.29) is 28.4 Å². The molecule has 1 aromatic carbocycles. The van der Waals surface area contributed by atoms with Gasteiger partial charge in [-0.3, -0.25) is 9.59 Å². The molecule has 8 heteroatoms. The van der Waals surface area contributed by atoms with Gasteiger partial charge in [-0.05, 0) is 30.0 Å². The number of rotatable bonds is 5. The molecule has 1 fully saturated rings. The topological polar surface area (TPSA) is 74.3 Å². The van der Waals surface area contributed by atoms with Gasteiger partial charge in [0.05, 0.1) is 22.4 Å². The minimum atomic E-state index is -0.777. The zero-order valence-corrected chi connectivity index (χ0v) is 19.0. The number of amides is 2. The first-order chi connectivity index (χ1) is 14.2. The van der Waals surface area contributed by atoms with E-state index in [1.54, 1.807) is 0 Å². The minimum Gasteiger partial charge on any atom is -0.363 e. The highest BCUT2D eigenvalue weighted by Crippen LogP contribution is 2.40. The summed E-state index contributed by atoms with van der Waals surface area (Å²) in [6, 6.07) is 9.44. The number of carbonyl (C=O) groups excluding carboxylic acids is 2. The second kappa shape index (κ2) is 8.70. The number of hydrogen-bond acceptors (Lipinski definition) is 4. The van der Waals surface area contributed by atoms with Crippen LogP contribution in [0, 0.1) is 0 Å². The maximum Gasteiger partial charge on any atom is 0.253 e. The van der Waals surface area contributed by atoms with E-state index in [0.717, 1.165) is 16.1 Å². The quantitative estimate of drug-likeness (QED) is 0.542. The molecule has 6 nitrogen and oxygen atoms in total. The molecule has 0 atom stereocenters. The first-order valence-corrected chi connectivity index (χ1v) is 10.5. The van der Waals surface area contributed by atoms with Crippen molar-refractivity contribution >= 4 is 46.3 Å². The van der Waals surface area contributed by atoms with Crippen molar-refractivity contribution in [3.05, 3.63) is 58.4 Å². The van der Waals surface area contributed by atoms with Crippen LogP contribution in [-0.4, -0.2) is 46.8 Å². The van der Waals surface area contributed by atoms with Crippen LogP contribution in [-0.2, 0) is 10.2 Å². The molecular weight excluding hydrogens is 420 g/mol. The smallest absolute Gasteiger partial charge is 0.253 e. The number of carbonyl (C=O) groups is 2. The lowest BCUT2D eigenvalue weighted by molar-refractivity contribution is -0.126. The van der Waals surface area contributed by atoms with Gasteiger partial charge in [0.2, 0.25) is 5.91 Å². The highest BCUT2D eigenvalue weighted by Gasteiger charge is 2.52. The average molecular weight is 445 g/mol. The van der Waals surface area contributed by atoms with Crippen LogP contribution in [0.15, 0.2) is 36.5 Å². The summed E-state index contributed by atoms with van der Waals surface area (Å²) in [5, 5.41) is 5.67. The molecule has 3 rings (SSSR count). The van der Waals surface area contributed by atoms with Crippen LogP contribution in [0.5, 0.6) is 0 Å². The molecule has 0 unspecified atom stereocenters. The zero-order chi connectivity index (χ0) is 22.1. The summed E-state index contributed by atoms with van der Waals surface area (Å²) < 4.78 is 0. The fraction of sp³-hybridized carbons (Fsp3) is 0.364. The second-order valence-electron chi connectivity index (χ2n) is 7.78. The summed E-state index contributed by atoms with van der Waals surface area (Å²) >= 11 is 11.3. The molecule has 1 aliphatic rings. The Morgan fingerprint density at radius 3 is 2.53 bits per heavy atom. The Labute approximate surface area is 187 Å². The fourth-order valence-corrected chi connectivity index (χ4v) is 4.08. The predicted octanol–water partition coefficient (Wildman–Crippen LogP) is 3.76. The van der Waals surface area contributed by atoms with Crippen LogP contribution in [0.1, 0.15) is 48.2 Å². The van der Waals surface area contributed by atoms with Gasteiger partial charge in [0.15, 0.2) is 0 Å². The summed E-state index contributed by atoms with van der Waals surface area (Å²) in [6.07, 6.45) is 1.41. The highest BCUT2D eigenvalue weighted by molar-refractivity contribution is 7.80. The van der Waals surface area contributed by atoms with E-state index in [1.165, 1.54) is 19.3 Å². The van der Waals surface area contributed by atoms with Gasteiger partial charge in [-0.2, -0.15) is 0 Å². The number of nitrogens with one attached hydrogen (secondary N) is 2. The first kappa shape index (κ1) is 22.2. The van der Waals surface area contributed by atoms with Gasteiger partial charge in [-0.15, -0.1) is 0 Å². The third-order valence-electron chi connectivity index (χ3n) is 5.49. The maximum atomic E-state index is 13.6. The second-order valence-corrected chi connectivity index (χ2v) is 8.76.